The van der Waals surface area contributed by atoms with Gasteiger partial charge in [0, 0.05) is 25.2 Å². The van der Waals surface area contributed by atoms with Crippen molar-refractivity contribution < 1.29 is 18.3 Å². The number of aryl methyl sites for hydroxylation is 1. The van der Waals surface area contributed by atoms with Crippen LogP contribution in [0.4, 0.5) is 5.82 Å². The summed E-state index contributed by atoms with van der Waals surface area (Å²) >= 11 is 0. The van der Waals surface area contributed by atoms with Gasteiger partial charge >= 0.3 is 0 Å². The van der Waals surface area contributed by atoms with Gasteiger partial charge in [0.25, 0.3) is 0 Å². The summed E-state index contributed by atoms with van der Waals surface area (Å²) in [5.41, 5.74) is 10.0. The summed E-state index contributed by atoms with van der Waals surface area (Å²) in [6.07, 6.45) is 4.00. The number of hydrogen-bond donors (Lipinski definition) is 3. The molecule has 3 heterocycles. The van der Waals surface area contributed by atoms with Crippen LogP contribution in [-0.4, -0.2) is 64.6 Å². The van der Waals surface area contributed by atoms with Crippen LogP contribution in [0.25, 0.3) is 22.3 Å². The standard InChI is InChI=1S/C28H33N7O4S/c1-4-24(36)34-13-5-6-21(16-34)35-28-25(27(29)30-17-31-28)26(33-35)20-10-8-19(9-11-20)15-32-40(37,38)23-12-7-18(2)14-22(23)39-3/h4,7-12,14,17,21,24,32,36H,1,5-6,13,15-16H2,2-3H3,(H2,29,30,31). The molecule has 1 aliphatic rings. The van der Waals surface area contributed by atoms with Crippen molar-refractivity contribution in [2.24, 2.45) is 0 Å². The van der Waals surface area contributed by atoms with Crippen LogP contribution in [0.1, 0.15) is 30.0 Å². The highest BCUT2D eigenvalue weighted by Gasteiger charge is 2.28. The molecule has 1 fully saturated rings. The molecule has 5 rings (SSSR count). The summed E-state index contributed by atoms with van der Waals surface area (Å²) in [4.78, 5) is 10.7. The summed E-state index contributed by atoms with van der Waals surface area (Å²) in [6, 6.07) is 12.4. The van der Waals surface area contributed by atoms with Gasteiger partial charge in [-0.15, -0.1) is 0 Å². The number of aliphatic hydroxyl groups is 1. The zero-order chi connectivity index (χ0) is 28.4. The lowest BCUT2D eigenvalue weighted by Gasteiger charge is -2.34. The van der Waals surface area contributed by atoms with Gasteiger partial charge in [0.05, 0.1) is 18.5 Å². The maximum absolute atomic E-state index is 13.0. The van der Waals surface area contributed by atoms with Gasteiger partial charge in [-0.05, 0) is 49.1 Å². The Morgan fingerprint density at radius 2 is 2.02 bits per heavy atom. The zero-order valence-electron chi connectivity index (χ0n) is 22.5. The van der Waals surface area contributed by atoms with Crippen LogP contribution >= 0.6 is 0 Å². The number of ether oxygens (including phenoxy) is 1. The highest BCUT2D eigenvalue weighted by Crippen LogP contribution is 2.34. The number of nitrogens with one attached hydrogen (secondary N) is 1. The van der Waals surface area contributed by atoms with Gasteiger partial charge in [-0.25, -0.2) is 27.8 Å². The quantitative estimate of drug-likeness (QED) is 0.261. The fourth-order valence-electron chi connectivity index (χ4n) is 5.06. The molecule has 2 aromatic carbocycles. The molecular weight excluding hydrogens is 530 g/mol. The molecule has 210 valence electrons. The molecule has 0 bridgehead atoms. The lowest BCUT2D eigenvalue weighted by molar-refractivity contribution is 0.0127. The van der Waals surface area contributed by atoms with Gasteiger partial charge in [0.1, 0.15) is 34.7 Å². The van der Waals surface area contributed by atoms with Crippen LogP contribution in [0.15, 0.2) is 66.3 Å². The summed E-state index contributed by atoms with van der Waals surface area (Å²) in [5.74, 6) is 0.624. The second kappa shape index (κ2) is 11.3. The Kier molecular flexibility index (Phi) is 7.86. The molecule has 4 N–H and O–H groups in total. The Bertz CT molecular complexity index is 1640. The number of aliphatic hydroxyl groups excluding tert-OH is 1. The Balaban J connectivity index is 1.40. The van der Waals surface area contributed by atoms with Gasteiger partial charge in [0.2, 0.25) is 10.0 Å². The molecule has 2 aromatic heterocycles. The van der Waals surface area contributed by atoms with Gasteiger partial charge in [0.15, 0.2) is 5.65 Å². The van der Waals surface area contributed by atoms with E-state index in [4.69, 9.17) is 15.6 Å². The molecule has 2 atom stereocenters. The number of sulfonamides is 1. The first-order valence-corrected chi connectivity index (χ1v) is 14.5. The van der Waals surface area contributed by atoms with Crippen molar-refractivity contribution in [1.29, 1.82) is 0 Å². The maximum Gasteiger partial charge on any atom is 0.244 e. The van der Waals surface area contributed by atoms with E-state index in [0.717, 1.165) is 36.1 Å². The Labute approximate surface area is 233 Å². The minimum Gasteiger partial charge on any atom is -0.495 e. The lowest BCUT2D eigenvalue weighted by atomic mass is 10.1. The first-order chi connectivity index (χ1) is 19.2. The van der Waals surface area contributed by atoms with Crippen molar-refractivity contribution in [1.82, 2.24) is 29.4 Å². The van der Waals surface area contributed by atoms with E-state index in [9.17, 15) is 13.5 Å². The van der Waals surface area contributed by atoms with Crippen LogP contribution in [0.3, 0.4) is 0 Å². The molecule has 0 spiro atoms. The van der Waals surface area contributed by atoms with E-state index >= 15 is 0 Å². The van der Waals surface area contributed by atoms with E-state index < -0.39 is 16.3 Å². The van der Waals surface area contributed by atoms with Crippen molar-refractivity contribution in [2.45, 2.75) is 43.5 Å². The lowest BCUT2D eigenvalue weighted by Crippen LogP contribution is -2.42. The third-order valence-corrected chi connectivity index (χ3v) is 8.62. The Morgan fingerprint density at radius 3 is 2.75 bits per heavy atom. The number of nitrogens with two attached hydrogens (primary N) is 1. The average Bonchev–Trinajstić information content (AvgIpc) is 3.37. The number of piperidine rings is 1. The molecule has 0 aliphatic carbocycles. The average molecular weight is 564 g/mol. The summed E-state index contributed by atoms with van der Waals surface area (Å²) in [5, 5.41) is 15.9. The van der Waals surface area contributed by atoms with E-state index in [1.165, 1.54) is 25.6 Å². The van der Waals surface area contributed by atoms with Crippen LogP contribution in [0, 0.1) is 6.92 Å². The fraction of sp³-hybridized carbons (Fsp3) is 0.321. The van der Waals surface area contributed by atoms with Crippen LogP contribution < -0.4 is 15.2 Å². The predicted octanol–water partition coefficient (Wildman–Crippen LogP) is 3.01. The zero-order valence-corrected chi connectivity index (χ0v) is 23.3. The van der Waals surface area contributed by atoms with Gasteiger partial charge in [-0.1, -0.05) is 36.9 Å². The summed E-state index contributed by atoms with van der Waals surface area (Å²) in [6.45, 7) is 7.04. The first-order valence-electron chi connectivity index (χ1n) is 13.0. The number of benzene rings is 2. The second-order valence-corrected chi connectivity index (χ2v) is 11.6. The van der Waals surface area contributed by atoms with Gasteiger partial charge in [-0.3, -0.25) is 4.90 Å². The normalized spacial score (nSPS) is 17.1. The molecule has 12 heteroatoms. The fourth-order valence-corrected chi connectivity index (χ4v) is 6.22. The van der Waals surface area contributed by atoms with Crippen molar-refractivity contribution in [3.63, 3.8) is 0 Å². The molecule has 0 radical (unpaired) electrons. The highest BCUT2D eigenvalue weighted by atomic mass is 32.2. The highest BCUT2D eigenvalue weighted by molar-refractivity contribution is 7.89. The molecule has 40 heavy (non-hydrogen) atoms. The van der Waals surface area contributed by atoms with E-state index in [0.29, 0.717) is 34.8 Å². The molecule has 2 unspecified atom stereocenters. The minimum absolute atomic E-state index is 0.0126. The Hall–Kier alpha value is -3.84. The van der Waals surface area contributed by atoms with Crippen LogP contribution in [-0.2, 0) is 16.6 Å². The van der Waals surface area contributed by atoms with Crippen LogP contribution in [0.2, 0.25) is 0 Å². The molecular formula is C28H33N7O4S. The topological polar surface area (TPSA) is 148 Å². The largest absolute Gasteiger partial charge is 0.495 e. The molecule has 1 aliphatic heterocycles. The van der Waals surface area contributed by atoms with E-state index in [1.54, 1.807) is 12.1 Å². The number of hydrogen-bond acceptors (Lipinski definition) is 9. The number of likely N-dealkylation sites (tertiary alicyclic amines) is 1. The molecule has 1 saturated heterocycles. The third-order valence-electron chi connectivity index (χ3n) is 7.18. The smallest absolute Gasteiger partial charge is 0.244 e. The van der Waals surface area contributed by atoms with E-state index in [2.05, 4.69) is 21.3 Å². The Morgan fingerprint density at radius 1 is 1.25 bits per heavy atom. The number of aromatic nitrogens is 4. The number of anilines is 1. The van der Waals surface area contributed by atoms with Crippen LogP contribution in [0.5, 0.6) is 5.75 Å². The van der Waals surface area contributed by atoms with Crippen molar-refractivity contribution >= 4 is 26.9 Å². The summed E-state index contributed by atoms with van der Waals surface area (Å²) in [7, 11) is -2.34. The SMILES string of the molecule is C=CC(O)N1CCCC(n2nc(-c3ccc(CNS(=O)(=O)c4ccc(C)cc4OC)cc3)c3c(N)ncnc32)C1. The third kappa shape index (κ3) is 5.43. The first kappa shape index (κ1) is 27.7. The molecule has 0 amide bonds. The monoisotopic (exact) mass is 563 g/mol. The minimum atomic E-state index is -3.79. The maximum atomic E-state index is 13.0. The number of nitrogens with zero attached hydrogens (tertiary/aromatic N) is 5. The molecule has 4 aromatic rings. The molecule has 11 nitrogen and oxygen atoms in total. The predicted molar refractivity (Wildman–Crippen MR) is 153 cm³/mol. The number of nitrogen functional groups attached to an aromatic ring is 1. The number of rotatable bonds is 9. The van der Waals surface area contributed by atoms with Gasteiger partial charge < -0.3 is 15.6 Å². The van der Waals surface area contributed by atoms with Gasteiger partial charge in [-0.2, -0.15) is 5.10 Å². The molecule has 0 saturated carbocycles. The van der Waals surface area contributed by atoms with E-state index in [-0.39, 0.29) is 17.5 Å². The second-order valence-electron chi connectivity index (χ2n) is 9.87. The number of methoxy groups -OCH3 is 1. The van der Waals surface area contributed by atoms with Crippen molar-refractivity contribution in [2.75, 3.05) is 25.9 Å². The van der Waals surface area contributed by atoms with Crippen molar-refractivity contribution in [3.8, 4) is 17.0 Å². The number of fused-ring (bicyclic) bond motifs is 1. The van der Waals surface area contributed by atoms with E-state index in [1.807, 2.05) is 40.8 Å². The summed E-state index contributed by atoms with van der Waals surface area (Å²) < 4.78 is 35.7. The van der Waals surface area contributed by atoms with Crippen molar-refractivity contribution in [3.05, 3.63) is 72.6 Å².